The number of nitrogens with zero attached hydrogens (tertiary/aromatic N) is 1. The van der Waals surface area contributed by atoms with Crippen molar-refractivity contribution in [1.82, 2.24) is 9.88 Å². The highest BCUT2D eigenvalue weighted by Crippen LogP contribution is 2.48. The summed E-state index contributed by atoms with van der Waals surface area (Å²) in [6.45, 7) is 4.00. The van der Waals surface area contributed by atoms with Crippen molar-refractivity contribution in [3.05, 3.63) is 35.2 Å². The summed E-state index contributed by atoms with van der Waals surface area (Å²) in [5.41, 5.74) is 4.31. The Balaban J connectivity index is 1.56. The zero-order valence-corrected chi connectivity index (χ0v) is 17.9. The Morgan fingerprint density at radius 2 is 1.97 bits per heavy atom. The third-order valence-electron chi connectivity index (χ3n) is 7.14. The molecule has 1 aromatic heterocycles. The Morgan fingerprint density at radius 1 is 1.20 bits per heavy atom. The van der Waals surface area contributed by atoms with E-state index in [0.29, 0.717) is 5.57 Å². The summed E-state index contributed by atoms with van der Waals surface area (Å²) in [5, 5.41) is 1.19. The summed E-state index contributed by atoms with van der Waals surface area (Å²) in [7, 11) is 4.75. The Bertz CT molecular complexity index is 1030. The first-order valence-electron chi connectivity index (χ1n) is 10.5. The van der Waals surface area contributed by atoms with E-state index in [1.165, 1.54) is 23.8 Å². The first-order valence-corrected chi connectivity index (χ1v) is 10.5. The molecule has 160 valence electrons. The van der Waals surface area contributed by atoms with Crippen LogP contribution in [0.3, 0.4) is 0 Å². The van der Waals surface area contributed by atoms with Crippen LogP contribution in [0.15, 0.2) is 24.0 Å². The summed E-state index contributed by atoms with van der Waals surface area (Å²) in [4.78, 5) is 18.6. The van der Waals surface area contributed by atoms with E-state index in [4.69, 9.17) is 18.9 Å². The van der Waals surface area contributed by atoms with Gasteiger partial charge in [-0.1, -0.05) is 0 Å². The van der Waals surface area contributed by atoms with Crippen molar-refractivity contribution in [2.45, 2.75) is 31.9 Å². The molecule has 4 heterocycles. The molecule has 3 aliphatic rings. The molecule has 7 nitrogen and oxygen atoms in total. The predicted molar refractivity (Wildman–Crippen MR) is 112 cm³/mol. The van der Waals surface area contributed by atoms with Crippen molar-refractivity contribution in [2.75, 3.05) is 34.4 Å². The molecule has 1 saturated heterocycles. The van der Waals surface area contributed by atoms with Crippen LogP contribution in [-0.2, 0) is 20.7 Å². The summed E-state index contributed by atoms with van der Waals surface area (Å²) >= 11 is 0. The van der Waals surface area contributed by atoms with E-state index in [-0.39, 0.29) is 30.0 Å². The number of aromatic amines is 1. The maximum Gasteiger partial charge on any atom is 0.337 e. The van der Waals surface area contributed by atoms with E-state index in [0.717, 1.165) is 42.9 Å². The van der Waals surface area contributed by atoms with Gasteiger partial charge in [-0.3, -0.25) is 4.90 Å². The number of nitrogens with one attached hydrogen (secondary N) is 1. The van der Waals surface area contributed by atoms with Crippen LogP contribution < -0.4 is 9.47 Å². The van der Waals surface area contributed by atoms with E-state index in [1.807, 2.05) is 6.07 Å². The number of esters is 1. The van der Waals surface area contributed by atoms with Gasteiger partial charge in [0.1, 0.15) is 0 Å². The van der Waals surface area contributed by atoms with Crippen LogP contribution in [0.25, 0.3) is 10.9 Å². The van der Waals surface area contributed by atoms with Gasteiger partial charge in [-0.05, 0) is 31.4 Å². The van der Waals surface area contributed by atoms with E-state index < -0.39 is 0 Å². The SMILES string of the molecule is COC(=O)C1=CO[C@H](C)C2CN3CCc4c([nH]c5cc(OC)c(OC)cc45)C3CC12. The Hall–Kier alpha value is -2.67. The number of fused-ring (bicyclic) bond motifs is 6. The molecule has 7 heteroatoms. The number of benzene rings is 1. The fourth-order valence-corrected chi connectivity index (χ4v) is 5.56. The fourth-order valence-electron chi connectivity index (χ4n) is 5.56. The van der Waals surface area contributed by atoms with Gasteiger partial charge < -0.3 is 23.9 Å². The first kappa shape index (κ1) is 19.3. The minimum Gasteiger partial charge on any atom is -0.497 e. The van der Waals surface area contributed by atoms with Gasteiger partial charge in [0, 0.05) is 47.6 Å². The molecule has 0 bridgehead atoms. The van der Waals surface area contributed by atoms with Crippen LogP contribution >= 0.6 is 0 Å². The lowest BCUT2D eigenvalue weighted by atomic mass is 9.72. The number of hydrogen-bond acceptors (Lipinski definition) is 6. The van der Waals surface area contributed by atoms with Crippen LogP contribution in [0.1, 0.15) is 30.6 Å². The molecule has 5 rings (SSSR count). The molecule has 0 saturated carbocycles. The maximum atomic E-state index is 12.4. The average Bonchev–Trinajstić information content (AvgIpc) is 3.14. The average molecular weight is 412 g/mol. The van der Waals surface area contributed by atoms with Gasteiger partial charge in [0.25, 0.3) is 0 Å². The van der Waals surface area contributed by atoms with Crippen LogP contribution in [0.2, 0.25) is 0 Å². The summed E-state index contributed by atoms with van der Waals surface area (Å²) in [5.74, 6) is 1.59. The number of aromatic nitrogens is 1. The highest BCUT2D eigenvalue weighted by atomic mass is 16.5. The monoisotopic (exact) mass is 412 g/mol. The van der Waals surface area contributed by atoms with Gasteiger partial charge in [0.2, 0.25) is 0 Å². The van der Waals surface area contributed by atoms with Crippen LogP contribution in [0.5, 0.6) is 11.5 Å². The third kappa shape index (κ3) is 2.79. The van der Waals surface area contributed by atoms with Crippen molar-refractivity contribution in [1.29, 1.82) is 0 Å². The first-order chi connectivity index (χ1) is 14.5. The molecular formula is C23H28N2O5. The number of carbonyl (C=O) groups excluding carboxylic acids is 1. The Kier molecular flexibility index (Phi) is 4.65. The van der Waals surface area contributed by atoms with Gasteiger partial charge in [0.15, 0.2) is 11.5 Å². The number of carbonyl (C=O) groups is 1. The molecule has 30 heavy (non-hydrogen) atoms. The van der Waals surface area contributed by atoms with Crippen LogP contribution in [0, 0.1) is 11.8 Å². The third-order valence-corrected chi connectivity index (χ3v) is 7.14. The van der Waals surface area contributed by atoms with Gasteiger partial charge >= 0.3 is 5.97 Å². The van der Waals surface area contributed by atoms with Crippen molar-refractivity contribution < 1.29 is 23.7 Å². The predicted octanol–water partition coefficient (Wildman–Crippen LogP) is 3.20. The van der Waals surface area contributed by atoms with Crippen molar-refractivity contribution >= 4 is 16.9 Å². The summed E-state index contributed by atoms with van der Waals surface area (Å²) in [6, 6.07) is 4.32. The van der Waals surface area contributed by atoms with Gasteiger partial charge in [-0.2, -0.15) is 0 Å². The fraction of sp³-hybridized carbons (Fsp3) is 0.522. The lowest BCUT2D eigenvalue weighted by Gasteiger charge is -2.49. The van der Waals surface area contributed by atoms with E-state index >= 15 is 0 Å². The molecule has 0 radical (unpaired) electrons. The minimum absolute atomic E-state index is 0.0852. The highest BCUT2D eigenvalue weighted by molar-refractivity contribution is 5.89. The van der Waals surface area contributed by atoms with E-state index in [9.17, 15) is 4.79 Å². The van der Waals surface area contributed by atoms with Crippen molar-refractivity contribution in [3.63, 3.8) is 0 Å². The minimum atomic E-state index is -0.285. The van der Waals surface area contributed by atoms with Crippen molar-refractivity contribution in [2.24, 2.45) is 11.8 Å². The number of methoxy groups -OCH3 is 3. The number of hydrogen-bond donors (Lipinski definition) is 1. The molecule has 0 spiro atoms. The molecular weight excluding hydrogens is 384 g/mol. The second-order valence-corrected chi connectivity index (χ2v) is 8.44. The smallest absolute Gasteiger partial charge is 0.337 e. The second kappa shape index (κ2) is 7.23. The lowest BCUT2D eigenvalue weighted by molar-refractivity contribution is -0.139. The Morgan fingerprint density at radius 3 is 2.70 bits per heavy atom. The quantitative estimate of drug-likeness (QED) is 0.781. The molecule has 3 unspecified atom stereocenters. The highest BCUT2D eigenvalue weighted by Gasteiger charge is 2.47. The molecule has 0 aliphatic carbocycles. The molecule has 4 atom stereocenters. The number of H-pyrrole nitrogens is 1. The molecule has 0 amide bonds. The number of rotatable bonds is 3. The molecule has 1 N–H and O–H groups in total. The normalized spacial score (nSPS) is 27.9. The standard InChI is InChI=1S/C23H28N2O5/c1-12-16-10-25-6-5-13-15-8-20(27-2)21(28-3)9-18(15)24-22(13)19(25)7-14(16)17(11-30-12)23(26)29-4/h8-9,11-12,14,16,19,24H,5-7,10H2,1-4H3/t12-,14?,16?,19?/m1/s1. The van der Waals surface area contributed by atoms with E-state index in [2.05, 4.69) is 22.9 Å². The maximum absolute atomic E-state index is 12.4. The van der Waals surface area contributed by atoms with Crippen LogP contribution in [-0.4, -0.2) is 56.4 Å². The van der Waals surface area contributed by atoms with E-state index in [1.54, 1.807) is 20.5 Å². The summed E-state index contributed by atoms with van der Waals surface area (Å²) in [6.07, 6.45) is 3.56. The van der Waals surface area contributed by atoms with Gasteiger partial charge in [-0.15, -0.1) is 0 Å². The van der Waals surface area contributed by atoms with Gasteiger partial charge in [0.05, 0.1) is 45.3 Å². The molecule has 2 aromatic rings. The molecule has 1 aromatic carbocycles. The van der Waals surface area contributed by atoms with Gasteiger partial charge in [-0.25, -0.2) is 4.79 Å². The molecule has 3 aliphatic heterocycles. The van der Waals surface area contributed by atoms with Crippen LogP contribution in [0.4, 0.5) is 0 Å². The second-order valence-electron chi connectivity index (χ2n) is 8.44. The number of ether oxygens (including phenoxy) is 4. The molecule has 1 fully saturated rings. The largest absolute Gasteiger partial charge is 0.497 e. The Labute approximate surface area is 175 Å². The number of piperidine rings is 1. The topological polar surface area (TPSA) is 73.0 Å². The summed E-state index contributed by atoms with van der Waals surface area (Å²) < 4.78 is 21.9. The van der Waals surface area contributed by atoms with Crippen molar-refractivity contribution in [3.8, 4) is 11.5 Å². The zero-order valence-electron chi connectivity index (χ0n) is 17.9. The lowest BCUT2D eigenvalue weighted by Crippen LogP contribution is -2.51. The zero-order chi connectivity index (χ0) is 21.0.